The number of nitrogens with zero attached hydrogens (tertiary/aromatic N) is 3. The van der Waals surface area contributed by atoms with Crippen LogP contribution in [-0.2, 0) is 0 Å². The molecule has 0 aromatic heterocycles. The van der Waals surface area contributed by atoms with Crippen molar-refractivity contribution in [3.8, 4) is 0 Å². The molecule has 0 radical (unpaired) electrons. The fraction of sp³-hybridized carbons (Fsp3) is 0.400. The second-order valence-electron chi connectivity index (χ2n) is 3.48. The average molecular weight is 257 g/mol. The quantitative estimate of drug-likeness (QED) is 0.597. The third-order valence-corrected chi connectivity index (χ3v) is 2.52. The first-order valence-corrected chi connectivity index (χ1v) is 5.29. The fourth-order valence-corrected chi connectivity index (χ4v) is 1.67. The van der Waals surface area contributed by atoms with Crippen molar-refractivity contribution < 1.29 is 14.2 Å². The Balaban J connectivity index is 3.50. The summed E-state index contributed by atoms with van der Waals surface area (Å²) in [7, 11) is 0. The zero-order valence-corrected chi connectivity index (χ0v) is 9.92. The van der Waals surface area contributed by atoms with Crippen LogP contribution in [-0.4, -0.2) is 22.9 Å². The van der Waals surface area contributed by atoms with E-state index in [2.05, 4.69) is 0 Å². The molecule has 0 bridgehead atoms. The van der Waals surface area contributed by atoms with E-state index in [0.717, 1.165) is 6.07 Å². The van der Waals surface area contributed by atoms with E-state index in [0.29, 0.717) is 19.2 Å². The molecule has 8 heteroatoms. The molecule has 0 saturated carbocycles. The lowest BCUT2D eigenvalue weighted by molar-refractivity contribution is -0.394. The molecular formula is C10H12FN3O4. The maximum absolute atomic E-state index is 13.8. The lowest BCUT2D eigenvalue weighted by Gasteiger charge is -2.20. The van der Waals surface area contributed by atoms with Gasteiger partial charge in [0.2, 0.25) is 0 Å². The van der Waals surface area contributed by atoms with Gasteiger partial charge in [0.05, 0.1) is 22.0 Å². The lowest BCUT2D eigenvalue weighted by Crippen LogP contribution is -2.24. The Morgan fingerprint density at radius 3 is 2.11 bits per heavy atom. The van der Waals surface area contributed by atoms with Crippen LogP contribution in [0.5, 0.6) is 0 Å². The molecule has 0 N–H and O–H groups in total. The van der Waals surface area contributed by atoms with Crippen molar-refractivity contribution in [3.63, 3.8) is 0 Å². The number of benzene rings is 1. The van der Waals surface area contributed by atoms with E-state index in [-0.39, 0.29) is 5.69 Å². The van der Waals surface area contributed by atoms with Crippen LogP contribution in [0.15, 0.2) is 12.1 Å². The van der Waals surface area contributed by atoms with Gasteiger partial charge in [-0.1, -0.05) is 0 Å². The number of hydrogen-bond donors (Lipinski definition) is 0. The minimum atomic E-state index is -0.959. The van der Waals surface area contributed by atoms with Crippen LogP contribution in [0.3, 0.4) is 0 Å². The summed E-state index contributed by atoms with van der Waals surface area (Å²) >= 11 is 0. The highest BCUT2D eigenvalue weighted by Gasteiger charge is 2.27. The summed E-state index contributed by atoms with van der Waals surface area (Å²) in [4.78, 5) is 21.2. The van der Waals surface area contributed by atoms with E-state index in [1.54, 1.807) is 13.8 Å². The molecule has 18 heavy (non-hydrogen) atoms. The van der Waals surface area contributed by atoms with E-state index >= 15 is 0 Å². The van der Waals surface area contributed by atoms with E-state index < -0.39 is 27.0 Å². The van der Waals surface area contributed by atoms with E-state index in [9.17, 15) is 24.6 Å². The molecule has 0 aliphatic carbocycles. The smallest absolute Gasteiger partial charge is 0.302 e. The summed E-state index contributed by atoms with van der Waals surface area (Å²) in [6, 6.07) is 1.47. The maximum atomic E-state index is 13.8. The highest BCUT2D eigenvalue weighted by molar-refractivity contribution is 5.67. The van der Waals surface area contributed by atoms with Crippen LogP contribution in [0.1, 0.15) is 13.8 Å². The summed E-state index contributed by atoms with van der Waals surface area (Å²) < 4.78 is 13.8. The Morgan fingerprint density at radius 1 is 1.17 bits per heavy atom. The molecule has 0 atom stereocenters. The van der Waals surface area contributed by atoms with Crippen LogP contribution in [0.4, 0.5) is 21.5 Å². The van der Waals surface area contributed by atoms with Crippen molar-refractivity contribution in [2.75, 3.05) is 18.0 Å². The van der Waals surface area contributed by atoms with Gasteiger partial charge in [-0.05, 0) is 13.8 Å². The number of non-ortho nitro benzene ring substituents is 1. The lowest BCUT2D eigenvalue weighted by atomic mass is 10.2. The molecule has 1 aromatic carbocycles. The van der Waals surface area contributed by atoms with Gasteiger partial charge < -0.3 is 4.90 Å². The maximum Gasteiger partial charge on any atom is 0.302 e. The molecular weight excluding hydrogens is 245 g/mol. The Bertz CT molecular complexity index is 488. The van der Waals surface area contributed by atoms with E-state index in [4.69, 9.17) is 0 Å². The molecule has 7 nitrogen and oxygen atoms in total. The monoisotopic (exact) mass is 257 g/mol. The first kappa shape index (κ1) is 13.8. The van der Waals surface area contributed by atoms with Crippen LogP contribution in [0.2, 0.25) is 0 Å². The van der Waals surface area contributed by atoms with Gasteiger partial charge in [0, 0.05) is 13.1 Å². The first-order chi connectivity index (χ1) is 8.42. The second-order valence-corrected chi connectivity index (χ2v) is 3.48. The van der Waals surface area contributed by atoms with Gasteiger partial charge in [0.1, 0.15) is 0 Å². The van der Waals surface area contributed by atoms with Crippen LogP contribution >= 0.6 is 0 Å². The summed E-state index contributed by atoms with van der Waals surface area (Å²) in [5.74, 6) is -0.959. The minimum Gasteiger partial charge on any atom is -0.364 e. The van der Waals surface area contributed by atoms with Crippen molar-refractivity contribution in [2.24, 2.45) is 0 Å². The number of nitro benzene ring substituents is 2. The van der Waals surface area contributed by atoms with Gasteiger partial charge in [-0.25, -0.2) is 4.39 Å². The van der Waals surface area contributed by atoms with Crippen molar-refractivity contribution in [3.05, 3.63) is 38.2 Å². The molecule has 0 aliphatic rings. The molecule has 0 aliphatic heterocycles. The minimum absolute atomic E-state index is 0.212. The Kier molecular flexibility index (Phi) is 4.13. The molecule has 0 saturated heterocycles. The number of rotatable bonds is 5. The highest BCUT2D eigenvalue weighted by atomic mass is 19.1. The number of halogens is 1. The molecule has 1 rings (SSSR count). The largest absolute Gasteiger partial charge is 0.364 e. The van der Waals surface area contributed by atoms with Gasteiger partial charge in [-0.15, -0.1) is 0 Å². The summed E-state index contributed by atoms with van der Waals surface area (Å²) in [6.45, 7) is 4.17. The second kappa shape index (κ2) is 5.39. The SMILES string of the molecule is CCN(CC)c1c(F)cc([N+](=O)[O-])cc1[N+](=O)[O-]. The van der Waals surface area contributed by atoms with E-state index in [1.807, 2.05) is 0 Å². The van der Waals surface area contributed by atoms with Crippen molar-refractivity contribution in [2.45, 2.75) is 13.8 Å². The van der Waals surface area contributed by atoms with Gasteiger partial charge in [-0.2, -0.15) is 0 Å². The summed E-state index contributed by atoms with van der Waals surface area (Å²) in [6.07, 6.45) is 0. The number of hydrogen-bond acceptors (Lipinski definition) is 5. The predicted molar refractivity (Wildman–Crippen MR) is 63.3 cm³/mol. The average Bonchev–Trinajstić information content (AvgIpc) is 2.31. The number of nitro groups is 2. The van der Waals surface area contributed by atoms with Gasteiger partial charge in [0.25, 0.3) is 5.69 Å². The summed E-state index contributed by atoms with van der Waals surface area (Å²) in [5.41, 5.74) is -1.43. The van der Waals surface area contributed by atoms with Crippen LogP contribution < -0.4 is 4.90 Å². The fourth-order valence-electron chi connectivity index (χ4n) is 1.67. The number of anilines is 1. The predicted octanol–water partition coefficient (Wildman–Crippen LogP) is 2.49. The Labute approximate surface area is 102 Å². The van der Waals surface area contributed by atoms with Crippen molar-refractivity contribution in [1.82, 2.24) is 0 Å². The van der Waals surface area contributed by atoms with Gasteiger partial charge in [-0.3, -0.25) is 20.2 Å². The third-order valence-electron chi connectivity index (χ3n) is 2.52. The topological polar surface area (TPSA) is 89.5 Å². The summed E-state index contributed by atoms with van der Waals surface area (Å²) in [5, 5.41) is 21.4. The molecule has 0 amide bonds. The normalized spacial score (nSPS) is 10.2. The van der Waals surface area contributed by atoms with Gasteiger partial charge >= 0.3 is 5.69 Å². The standard InChI is InChI=1S/C10H12FN3O4/c1-3-12(4-2)10-8(11)5-7(13(15)16)6-9(10)14(17)18/h5-6H,3-4H2,1-2H3. The van der Waals surface area contributed by atoms with Crippen molar-refractivity contribution in [1.29, 1.82) is 0 Å². The Morgan fingerprint density at radius 2 is 1.72 bits per heavy atom. The molecule has 98 valence electrons. The van der Waals surface area contributed by atoms with Gasteiger partial charge in [0.15, 0.2) is 11.5 Å². The zero-order chi connectivity index (χ0) is 13.9. The third kappa shape index (κ3) is 2.53. The highest BCUT2D eigenvalue weighted by Crippen LogP contribution is 2.34. The molecule has 0 fully saturated rings. The zero-order valence-electron chi connectivity index (χ0n) is 9.92. The van der Waals surface area contributed by atoms with E-state index in [1.165, 1.54) is 4.90 Å². The molecule has 0 heterocycles. The molecule has 0 spiro atoms. The van der Waals surface area contributed by atoms with Crippen LogP contribution in [0.25, 0.3) is 0 Å². The Hall–Kier alpha value is -2.25. The first-order valence-electron chi connectivity index (χ1n) is 5.29. The molecule has 0 unspecified atom stereocenters. The van der Waals surface area contributed by atoms with Crippen molar-refractivity contribution >= 4 is 17.1 Å². The van der Waals surface area contributed by atoms with Crippen LogP contribution in [0, 0.1) is 26.0 Å². The molecule has 1 aromatic rings.